The Kier molecular flexibility index (Phi) is 3.38. The molecule has 0 aliphatic carbocycles. The second kappa shape index (κ2) is 4.65. The Hall–Kier alpha value is -1.09. The molecule has 5 heteroatoms. The van der Waals surface area contributed by atoms with Crippen molar-refractivity contribution in [2.75, 3.05) is 7.05 Å². The molecule has 0 spiro atoms. The summed E-state index contributed by atoms with van der Waals surface area (Å²) >= 11 is 0. The van der Waals surface area contributed by atoms with Crippen molar-refractivity contribution in [2.24, 2.45) is 0 Å². The first-order valence-corrected chi connectivity index (χ1v) is 6.22. The minimum absolute atomic E-state index is 0.517. The summed E-state index contributed by atoms with van der Waals surface area (Å²) in [5.74, 6) is 1.70. The van der Waals surface area contributed by atoms with Gasteiger partial charge in [0.1, 0.15) is 0 Å². The van der Waals surface area contributed by atoms with E-state index in [1.165, 1.54) is 5.56 Å². The molecule has 0 saturated carbocycles. The molecule has 1 aromatic rings. The zero-order valence-electron chi connectivity index (χ0n) is 11.0. The van der Waals surface area contributed by atoms with Crippen molar-refractivity contribution in [1.82, 2.24) is 5.32 Å². The summed E-state index contributed by atoms with van der Waals surface area (Å²) in [7, 11) is 5.86. The molecule has 1 heterocycles. The number of likely N-dealkylation sites (N-methyl/N-ethyl adjacent to an activating group) is 1. The number of fused-ring (bicyclic) bond motifs is 1. The van der Waals surface area contributed by atoms with Gasteiger partial charge in [0.15, 0.2) is 32.8 Å². The highest BCUT2D eigenvalue weighted by atomic mass is 16.7. The zero-order valence-corrected chi connectivity index (χ0v) is 11.0. The smallest absolute Gasteiger partial charge is 0.197 e. The molecule has 1 N–H and O–H groups in total. The van der Waals surface area contributed by atoms with Crippen LogP contribution in [0, 0.1) is 0 Å². The average Bonchev–Trinajstić information content (AvgIpc) is 2.58. The van der Waals surface area contributed by atoms with Crippen LogP contribution >= 0.6 is 0 Å². The molecule has 2 rings (SSSR count). The van der Waals surface area contributed by atoms with E-state index < -0.39 is 5.59 Å². The fourth-order valence-corrected chi connectivity index (χ4v) is 2.13. The lowest BCUT2D eigenvalue weighted by molar-refractivity contribution is 0.0833. The van der Waals surface area contributed by atoms with Crippen LogP contribution in [0.25, 0.3) is 0 Å². The van der Waals surface area contributed by atoms with Gasteiger partial charge in [0.2, 0.25) is 0 Å². The number of rotatable bonds is 4. The van der Waals surface area contributed by atoms with Crippen molar-refractivity contribution >= 4 is 15.7 Å². The van der Waals surface area contributed by atoms with Crippen molar-refractivity contribution in [3.8, 4) is 11.5 Å². The van der Waals surface area contributed by atoms with Gasteiger partial charge in [0, 0.05) is 6.04 Å². The highest BCUT2D eigenvalue weighted by Crippen LogP contribution is 2.37. The number of benzene rings is 1. The molecule has 0 radical (unpaired) electrons. The van der Waals surface area contributed by atoms with Gasteiger partial charge in [0.25, 0.3) is 0 Å². The topological polar surface area (TPSA) is 30.5 Å². The van der Waals surface area contributed by atoms with Gasteiger partial charge in [0.05, 0.1) is 0 Å². The largest absolute Gasteiger partial charge is 0.467 e. The third-order valence-electron chi connectivity index (χ3n) is 3.10. The van der Waals surface area contributed by atoms with Crippen LogP contribution in [-0.4, -0.2) is 34.4 Å². The minimum atomic E-state index is -0.534. The van der Waals surface area contributed by atoms with Gasteiger partial charge < -0.3 is 14.8 Å². The lowest BCUT2D eigenvalue weighted by Gasteiger charge is -2.17. The van der Waals surface area contributed by atoms with Gasteiger partial charge in [-0.1, -0.05) is 13.0 Å². The monoisotopic (exact) mass is 231 g/mol. The van der Waals surface area contributed by atoms with Gasteiger partial charge in [-0.05, 0) is 37.6 Å². The molecule has 0 saturated heterocycles. The van der Waals surface area contributed by atoms with Gasteiger partial charge in [-0.2, -0.15) is 0 Å². The van der Waals surface area contributed by atoms with E-state index in [0.29, 0.717) is 6.04 Å². The molecular weight excluding hydrogens is 212 g/mol. The Morgan fingerprint density at radius 1 is 1.29 bits per heavy atom. The normalized spacial score (nSPS) is 18.0. The Labute approximate surface area is 105 Å². The van der Waals surface area contributed by atoms with Gasteiger partial charge in [-0.25, -0.2) is 0 Å². The van der Waals surface area contributed by atoms with Crippen LogP contribution in [-0.2, 0) is 6.42 Å². The first kappa shape index (κ1) is 12.4. The number of hydrogen-bond donors (Lipinski definition) is 1. The van der Waals surface area contributed by atoms with E-state index in [2.05, 4.69) is 24.4 Å². The molecule has 0 amide bonds. The van der Waals surface area contributed by atoms with Crippen molar-refractivity contribution in [2.45, 2.75) is 31.4 Å². The first-order chi connectivity index (χ1) is 8.04. The van der Waals surface area contributed by atoms with E-state index in [-0.39, 0.29) is 0 Å². The number of hydrogen-bond acceptors (Lipinski definition) is 3. The van der Waals surface area contributed by atoms with Crippen LogP contribution in [0.5, 0.6) is 11.5 Å². The molecule has 0 fully saturated rings. The van der Waals surface area contributed by atoms with Crippen LogP contribution in [0.3, 0.4) is 0 Å². The fourth-order valence-electron chi connectivity index (χ4n) is 2.13. The SMILES string of the molecule is BC1(B)Oc2ccc(CC(CC)NC)cc2O1. The van der Waals surface area contributed by atoms with Gasteiger partial charge in [-0.15, -0.1) is 0 Å². The third-order valence-corrected chi connectivity index (χ3v) is 3.10. The quantitative estimate of drug-likeness (QED) is 0.732. The second-order valence-electron chi connectivity index (χ2n) is 4.98. The maximum absolute atomic E-state index is 5.74. The third kappa shape index (κ3) is 2.78. The van der Waals surface area contributed by atoms with Crippen molar-refractivity contribution in [3.63, 3.8) is 0 Å². The minimum Gasteiger partial charge on any atom is -0.467 e. The van der Waals surface area contributed by atoms with E-state index in [1.807, 2.05) is 28.8 Å². The summed E-state index contributed by atoms with van der Waals surface area (Å²) in [6, 6.07) is 6.72. The molecule has 1 atom stereocenters. The summed E-state index contributed by atoms with van der Waals surface area (Å²) < 4.78 is 11.4. The van der Waals surface area contributed by atoms with E-state index in [9.17, 15) is 0 Å². The summed E-state index contributed by atoms with van der Waals surface area (Å²) in [4.78, 5) is 0. The summed E-state index contributed by atoms with van der Waals surface area (Å²) in [5.41, 5.74) is 0.750. The Balaban J connectivity index is 2.13. The summed E-state index contributed by atoms with van der Waals surface area (Å²) in [6.07, 6.45) is 2.14. The molecule has 1 aliphatic rings. The van der Waals surface area contributed by atoms with Crippen molar-refractivity contribution < 1.29 is 9.47 Å². The maximum Gasteiger partial charge on any atom is 0.197 e. The lowest BCUT2D eigenvalue weighted by Crippen LogP contribution is -2.39. The average molecular weight is 231 g/mol. The molecule has 1 unspecified atom stereocenters. The highest BCUT2D eigenvalue weighted by molar-refractivity contribution is 6.38. The van der Waals surface area contributed by atoms with E-state index >= 15 is 0 Å². The van der Waals surface area contributed by atoms with Crippen molar-refractivity contribution in [1.29, 1.82) is 0 Å². The molecular formula is C12H19B2NO2. The molecule has 0 bridgehead atoms. The van der Waals surface area contributed by atoms with E-state index in [1.54, 1.807) is 0 Å². The summed E-state index contributed by atoms with van der Waals surface area (Å²) in [5, 5.41) is 3.31. The lowest BCUT2D eigenvalue weighted by atomic mass is 9.76. The Morgan fingerprint density at radius 3 is 2.65 bits per heavy atom. The standard InChI is InChI=1S/C12H19B2NO2/c1-3-9(15-2)6-8-4-5-10-11(7-8)17-12(13,14)16-10/h4-5,7,9,15H,3,6,13-14H2,1-2H3. The predicted octanol–water partition coefficient (Wildman–Crippen LogP) is -0.124. The van der Waals surface area contributed by atoms with Crippen LogP contribution in [0.4, 0.5) is 0 Å². The fraction of sp³-hybridized carbons (Fsp3) is 0.500. The molecule has 0 aromatic heterocycles. The number of ether oxygens (including phenoxy) is 2. The first-order valence-electron chi connectivity index (χ1n) is 6.22. The van der Waals surface area contributed by atoms with Gasteiger partial charge >= 0.3 is 0 Å². The van der Waals surface area contributed by atoms with Crippen LogP contribution in [0.2, 0.25) is 0 Å². The van der Waals surface area contributed by atoms with E-state index in [4.69, 9.17) is 9.47 Å². The van der Waals surface area contributed by atoms with Crippen LogP contribution in [0.15, 0.2) is 18.2 Å². The molecule has 3 nitrogen and oxygen atoms in total. The maximum atomic E-state index is 5.74. The second-order valence-corrected chi connectivity index (χ2v) is 4.98. The Bertz CT molecular complexity index is 405. The highest BCUT2D eigenvalue weighted by Gasteiger charge is 2.30. The Morgan fingerprint density at radius 2 is 2.00 bits per heavy atom. The van der Waals surface area contributed by atoms with Gasteiger partial charge in [-0.3, -0.25) is 0 Å². The molecule has 1 aliphatic heterocycles. The predicted molar refractivity (Wildman–Crippen MR) is 74.4 cm³/mol. The molecule has 1 aromatic carbocycles. The summed E-state index contributed by atoms with van der Waals surface area (Å²) in [6.45, 7) is 2.19. The molecule has 90 valence electrons. The zero-order chi connectivity index (χ0) is 12.5. The molecule has 17 heavy (non-hydrogen) atoms. The van der Waals surface area contributed by atoms with Crippen LogP contribution < -0.4 is 14.8 Å². The number of nitrogens with one attached hydrogen (secondary N) is 1. The van der Waals surface area contributed by atoms with Crippen molar-refractivity contribution in [3.05, 3.63) is 23.8 Å². The van der Waals surface area contributed by atoms with Crippen LogP contribution in [0.1, 0.15) is 18.9 Å². The van der Waals surface area contributed by atoms with E-state index in [0.717, 1.165) is 24.3 Å².